The Balaban J connectivity index is 2.28. The highest BCUT2D eigenvalue weighted by Gasteiger charge is 2.04. The third-order valence-electron chi connectivity index (χ3n) is 2.12. The molecule has 0 unspecified atom stereocenters. The number of aryl methyl sites for hydroxylation is 1. The molecular formula is C12H10N4O. The van der Waals surface area contributed by atoms with Gasteiger partial charge in [0.1, 0.15) is 0 Å². The van der Waals surface area contributed by atoms with Crippen LogP contribution in [0.5, 0.6) is 11.6 Å². The van der Waals surface area contributed by atoms with Crippen LogP contribution in [-0.2, 0) is 0 Å². The highest BCUT2D eigenvalue weighted by atomic mass is 16.5. The number of ether oxygens (including phenoxy) is 1. The average Bonchev–Trinajstić information content (AvgIpc) is 2.32. The van der Waals surface area contributed by atoms with Gasteiger partial charge in [-0.1, -0.05) is 0 Å². The first-order valence-electron chi connectivity index (χ1n) is 4.96. The zero-order valence-electron chi connectivity index (χ0n) is 9.21. The molecule has 5 nitrogen and oxygen atoms in total. The van der Waals surface area contributed by atoms with Crippen LogP contribution in [0.15, 0.2) is 30.5 Å². The monoisotopic (exact) mass is 226 g/mol. The van der Waals surface area contributed by atoms with Crippen LogP contribution in [0.3, 0.4) is 0 Å². The standard InChI is InChI=1S/C12H10N4O/c1-8-4-12(16-15-7-8)17-11-3-2-9(6-13)5-10(11)14/h2-5,7H,14H2,1H3. The molecule has 0 fully saturated rings. The van der Waals surface area contributed by atoms with Gasteiger partial charge in [0.25, 0.3) is 0 Å². The van der Waals surface area contributed by atoms with E-state index in [1.807, 2.05) is 13.0 Å². The summed E-state index contributed by atoms with van der Waals surface area (Å²) in [5.41, 5.74) is 7.59. The Bertz CT molecular complexity index is 589. The first kappa shape index (κ1) is 10.9. The zero-order chi connectivity index (χ0) is 12.3. The van der Waals surface area contributed by atoms with Gasteiger partial charge in [-0.25, -0.2) is 0 Å². The summed E-state index contributed by atoms with van der Waals surface area (Å²) in [5, 5.41) is 16.3. The minimum absolute atomic E-state index is 0.376. The molecule has 0 saturated carbocycles. The van der Waals surface area contributed by atoms with E-state index >= 15 is 0 Å². The van der Waals surface area contributed by atoms with E-state index in [0.717, 1.165) is 5.56 Å². The van der Waals surface area contributed by atoms with Crippen molar-refractivity contribution in [2.24, 2.45) is 0 Å². The number of nitrogens with zero attached hydrogens (tertiary/aromatic N) is 3. The number of hydrogen-bond donors (Lipinski definition) is 1. The molecule has 1 aromatic carbocycles. The fourth-order valence-corrected chi connectivity index (χ4v) is 1.31. The number of hydrogen-bond acceptors (Lipinski definition) is 5. The van der Waals surface area contributed by atoms with Crippen molar-refractivity contribution in [3.05, 3.63) is 41.6 Å². The van der Waals surface area contributed by atoms with Gasteiger partial charge in [0, 0.05) is 6.07 Å². The molecule has 5 heteroatoms. The Morgan fingerprint density at radius 3 is 2.82 bits per heavy atom. The quantitative estimate of drug-likeness (QED) is 0.792. The second-order valence-corrected chi connectivity index (χ2v) is 3.54. The average molecular weight is 226 g/mol. The van der Waals surface area contributed by atoms with E-state index in [0.29, 0.717) is 22.9 Å². The third-order valence-corrected chi connectivity index (χ3v) is 2.12. The summed E-state index contributed by atoms with van der Waals surface area (Å²) in [6.45, 7) is 1.89. The van der Waals surface area contributed by atoms with Gasteiger partial charge in [0.15, 0.2) is 5.75 Å². The number of nitriles is 1. The Morgan fingerprint density at radius 1 is 1.35 bits per heavy atom. The smallest absolute Gasteiger partial charge is 0.239 e. The molecule has 0 radical (unpaired) electrons. The van der Waals surface area contributed by atoms with Crippen molar-refractivity contribution in [3.63, 3.8) is 0 Å². The van der Waals surface area contributed by atoms with Gasteiger partial charge in [0.05, 0.1) is 23.5 Å². The number of nitrogen functional groups attached to an aromatic ring is 1. The van der Waals surface area contributed by atoms with Crippen LogP contribution in [0.1, 0.15) is 11.1 Å². The Hall–Kier alpha value is -2.61. The van der Waals surface area contributed by atoms with Crippen LogP contribution in [-0.4, -0.2) is 10.2 Å². The Labute approximate surface area is 98.5 Å². The van der Waals surface area contributed by atoms with E-state index in [-0.39, 0.29) is 0 Å². The lowest BCUT2D eigenvalue weighted by Gasteiger charge is -2.07. The number of aromatic nitrogens is 2. The van der Waals surface area contributed by atoms with Crippen molar-refractivity contribution in [2.45, 2.75) is 6.92 Å². The predicted molar refractivity (Wildman–Crippen MR) is 62.4 cm³/mol. The Morgan fingerprint density at radius 2 is 2.18 bits per heavy atom. The Kier molecular flexibility index (Phi) is 2.88. The molecule has 0 aliphatic rings. The topological polar surface area (TPSA) is 84.8 Å². The van der Waals surface area contributed by atoms with Crippen molar-refractivity contribution < 1.29 is 4.74 Å². The fraction of sp³-hybridized carbons (Fsp3) is 0.0833. The minimum atomic E-state index is 0.376. The van der Waals surface area contributed by atoms with E-state index in [4.69, 9.17) is 15.7 Å². The van der Waals surface area contributed by atoms with Gasteiger partial charge >= 0.3 is 0 Å². The summed E-state index contributed by atoms with van der Waals surface area (Å²) < 4.78 is 5.48. The van der Waals surface area contributed by atoms with E-state index < -0.39 is 0 Å². The number of nitrogens with two attached hydrogens (primary N) is 1. The van der Waals surface area contributed by atoms with E-state index in [1.165, 1.54) is 0 Å². The van der Waals surface area contributed by atoms with E-state index in [9.17, 15) is 0 Å². The molecule has 0 spiro atoms. The molecule has 0 aliphatic carbocycles. The molecule has 0 amide bonds. The summed E-state index contributed by atoms with van der Waals surface area (Å²) in [5.74, 6) is 0.838. The summed E-state index contributed by atoms with van der Waals surface area (Å²) in [4.78, 5) is 0. The molecule has 17 heavy (non-hydrogen) atoms. The normalized spacial score (nSPS) is 9.65. The number of anilines is 1. The second kappa shape index (κ2) is 4.49. The second-order valence-electron chi connectivity index (χ2n) is 3.54. The molecule has 2 rings (SSSR count). The zero-order valence-corrected chi connectivity index (χ0v) is 9.21. The predicted octanol–water partition coefficient (Wildman–Crippen LogP) is 2.03. The van der Waals surface area contributed by atoms with Crippen molar-refractivity contribution in [3.8, 4) is 17.7 Å². The van der Waals surface area contributed by atoms with E-state index in [1.54, 1.807) is 30.5 Å². The molecule has 0 aliphatic heterocycles. The van der Waals surface area contributed by atoms with Crippen LogP contribution in [0.25, 0.3) is 0 Å². The summed E-state index contributed by atoms with van der Waals surface area (Å²) in [6, 6.07) is 8.58. The first-order valence-corrected chi connectivity index (χ1v) is 4.96. The summed E-state index contributed by atoms with van der Waals surface area (Å²) in [7, 11) is 0. The lowest BCUT2D eigenvalue weighted by Crippen LogP contribution is -1.95. The molecule has 84 valence electrons. The van der Waals surface area contributed by atoms with Gasteiger partial charge in [-0.05, 0) is 30.7 Å². The lowest BCUT2D eigenvalue weighted by atomic mass is 10.2. The van der Waals surface area contributed by atoms with Gasteiger partial charge < -0.3 is 10.5 Å². The summed E-state index contributed by atoms with van der Waals surface area (Å²) in [6.07, 6.45) is 1.63. The SMILES string of the molecule is Cc1cnnc(Oc2ccc(C#N)cc2N)c1. The van der Waals surface area contributed by atoms with Crippen molar-refractivity contribution in [1.82, 2.24) is 10.2 Å². The lowest BCUT2D eigenvalue weighted by molar-refractivity contribution is 0.456. The van der Waals surface area contributed by atoms with Crippen LogP contribution in [0.2, 0.25) is 0 Å². The largest absolute Gasteiger partial charge is 0.435 e. The number of benzene rings is 1. The molecule has 1 heterocycles. The van der Waals surface area contributed by atoms with Crippen molar-refractivity contribution in [1.29, 1.82) is 5.26 Å². The van der Waals surface area contributed by atoms with Gasteiger partial charge in [-0.2, -0.15) is 10.4 Å². The van der Waals surface area contributed by atoms with Gasteiger partial charge in [-0.3, -0.25) is 0 Å². The molecule has 2 aromatic rings. The molecule has 0 atom stereocenters. The van der Waals surface area contributed by atoms with Gasteiger partial charge in [-0.15, -0.1) is 5.10 Å². The fourth-order valence-electron chi connectivity index (χ4n) is 1.31. The maximum atomic E-state index is 8.71. The maximum Gasteiger partial charge on any atom is 0.239 e. The molecular weight excluding hydrogens is 216 g/mol. The summed E-state index contributed by atoms with van der Waals surface area (Å²) >= 11 is 0. The molecule has 1 aromatic heterocycles. The third kappa shape index (κ3) is 2.49. The van der Waals surface area contributed by atoms with Gasteiger partial charge in [0.2, 0.25) is 5.88 Å². The molecule has 0 bridgehead atoms. The number of rotatable bonds is 2. The van der Waals surface area contributed by atoms with E-state index in [2.05, 4.69) is 10.2 Å². The molecule has 0 saturated heterocycles. The van der Waals surface area contributed by atoms with Crippen LogP contribution in [0, 0.1) is 18.3 Å². The first-order chi connectivity index (χ1) is 8.19. The highest BCUT2D eigenvalue weighted by molar-refractivity contribution is 5.57. The van der Waals surface area contributed by atoms with Crippen molar-refractivity contribution in [2.75, 3.05) is 5.73 Å². The van der Waals surface area contributed by atoms with Crippen LogP contribution < -0.4 is 10.5 Å². The maximum absolute atomic E-state index is 8.71. The van der Waals surface area contributed by atoms with Crippen LogP contribution >= 0.6 is 0 Å². The van der Waals surface area contributed by atoms with Crippen LogP contribution in [0.4, 0.5) is 5.69 Å². The minimum Gasteiger partial charge on any atom is -0.435 e. The molecule has 2 N–H and O–H groups in total. The van der Waals surface area contributed by atoms with Crippen molar-refractivity contribution >= 4 is 5.69 Å². The highest BCUT2D eigenvalue weighted by Crippen LogP contribution is 2.26.